The van der Waals surface area contributed by atoms with Crippen molar-refractivity contribution in [3.8, 4) is 5.75 Å². The number of nitrogens with two attached hydrogens (primary N) is 1. The van der Waals surface area contributed by atoms with Gasteiger partial charge in [-0.15, -0.1) is 13.2 Å². The quantitative estimate of drug-likeness (QED) is 0.404. The van der Waals surface area contributed by atoms with Crippen LogP contribution in [0.5, 0.6) is 5.75 Å². The standard InChI is InChI=1S/C25H29F3N6O4S/c1-16(2)22(23(29)35)32-24-17-7-3-4-8-18(17)30-21(31-24)15-33-11-13-34(14-12-33)39(36,37)20-10-6-5-9-19(20)38-25(26,27)28/h3-10,16,22H,11-15H2,1-2H3,(H2,29,35)(H,30,31,32)/t22-/m0/s1. The number of para-hydroxylation sites is 2. The van der Waals surface area contributed by atoms with E-state index >= 15 is 0 Å². The number of amides is 1. The SMILES string of the molecule is CC(C)[C@H](Nc1nc(CN2CCN(S(=O)(=O)c3ccccc3OC(F)(F)F)CC2)nc2ccccc12)C(N)=O. The third-order valence-electron chi connectivity index (χ3n) is 6.30. The van der Waals surface area contributed by atoms with E-state index in [4.69, 9.17) is 5.73 Å². The molecule has 4 rings (SSSR count). The summed E-state index contributed by atoms with van der Waals surface area (Å²) in [6.45, 7) is 4.75. The average molecular weight is 567 g/mol. The lowest BCUT2D eigenvalue weighted by Crippen LogP contribution is -2.48. The summed E-state index contributed by atoms with van der Waals surface area (Å²) in [4.78, 5) is 22.6. The summed E-state index contributed by atoms with van der Waals surface area (Å²) in [5.74, 6) is -0.429. The predicted octanol–water partition coefficient (Wildman–Crippen LogP) is 2.96. The number of rotatable bonds is 9. The van der Waals surface area contributed by atoms with Gasteiger partial charge in [0.1, 0.15) is 28.3 Å². The molecule has 1 aliphatic heterocycles. The number of carbonyl (C=O) groups is 1. The Kier molecular flexibility index (Phi) is 8.28. The minimum atomic E-state index is -5.02. The lowest BCUT2D eigenvalue weighted by Gasteiger charge is -2.33. The summed E-state index contributed by atoms with van der Waals surface area (Å²) in [7, 11) is -4.23. The maximum Gasteiger partial charge on any atom is 0.573 e. The normalized spacial score (nSPS) is 16.4. The van der Waals surface area contributed by atoms with Crippen LogP contribution in [-0.4, -0.2) is 72.1 Å². The van der Waals surface area contributed by atoms with E-state index in [1.807, 2.05) is 43.0 Å². The highest BCUT2D eigenvalue weighted by Crippen LogP contribution is 2.32. The first-order valence-corrected chi connectivity index (χ1v) is 13.7. The Balaban J connectivity index is 1.50. The number of anilines is 1. The van der Waals surface area contributed by atoms with Gasteiger partial charge in [-0.25, -0.2) is 18.4 Å². The van der Waals surface area contributed by atoms with Gasteiger partial charge in [-0.1, -0.05) is 38.1 Å². The first-order valence-electron chi connectivity index (χ1n) is 12.2. The summed E-state index contributed by atoms with van der Waals surface area (Å²) in [6.07, 6.45) is -5.02. The second-order valence-corrected chi connectivity index (χ2v) is 11.4. The summed E-state index contributed by atoms with van der Waals surface area (Å²) in [6, 6.07) is 11.4. The number of fused-ring (bicyclic) bond motifs is 1. The zero-order valence-electron chi connectivity index (χ0n) is 21.4. The Morgan fingerprint density at radius 1 is 1.05 bits per heavy atom. The number of nitrogens with one attached hydrogen (secondary N) is 1. The molecule has 14 heteroatoms. The highest BCUT2D eigenvalue weighted by Gasteiger charge is 2.36. The van der Waals surface area contributed by atoms with Crippen molar-refractivity contribution in [2.24, 2.45) is 11.7 Å². The Bertz CT molecular complexity index is 1440. The molecule has 2 heterocycles. The van der Waals surface area contributed by atoms with Gasteiger partial charge in [0.15, 0.2) is 0 Å². The van der Waals surface area contributed by atoms with Gasteiger partial charge < -0.3 is 15.8 Å². The summed E-state index contributed by atoms with van der Waals surface area (Å²) >= 11 is 0. The molecule has 3 N–H and O–H groups in total. The molecule has 0 saturated carbocycles. The molecule has 0 bridgehead atoms. The van der Waals surface area contributed by atoms with Gasteiger partial charge in [-0.3, -0.25) is 9.69 Å². The molecular formula is C25H29F3N6O4S. The van der Waals surface area contributed by atoms with E-state index < -0.39 is 39.0 Å². The summed E-state index contributed by atoms with van der Waals surface area (Å²) in [5, 5.41) is 3.87. The van der Waals surface area contributed by atoms with Crippen LogP contribution in [0.3, 0.4) is 0 Å². The van der Waals surface area contributed by atoms with E-state index in [0.717, 1.165) is 21.8 Å². The number of halogens is 3. The van der Waals surface area contributed by atoms with E-state index in [0.29, 0.717) is 36.8 Å². The predicted molar refractivity (Wildman–Crippen MR) is 138 cm³/mol. The molecule has 0 aliphatic carbocycles. The zero-order valence-corrected chi connectivity index (χ0v) is 22.2. The largest absolute Gasteiger partial charge is 0.573 e. The van der Waals surface area contributed by atoms with E-state index in [9.17, 15) is 26.4 Å². The van der Waals surface area contributed by atoms with E-state index in [1.165, 1.54) is 12.1 Å². The van der Waals surface area contributed by atoms with Gasteiger partial charge in [-0.05, 0) is 30.2 Å². The number of hydrogen-bond acceptors (Lipinski definition) is 8. The molecule has 1 fully saturated rings. The first-order chi connectivity index (χ1) is 18.3. The molecule has 3 aromatic rings. The Morgan fingerprint density at radius 3 is 2.33 bits per heavy atom. The lowest BCUT2D eigenvalue weighted by molar-refractivity contribution is -0.275. The van der Waals surface area contributed by atoms with Gasteiger partial charge in [0.05, 0.1) is 12.1 Å². The number of ether oxygens (including phenoxy) is 1. The molecule has 1 amide bonds. The second-order valence-electron chi connectivity index (χ2n) is 9.45. The van der Waals surface area contributed by atoms with Gasteiger partial charge in [-0.2, -0.15) is 4.31 Å². The number of hydrogen-bond donors (Lipinski definition) is 2. The minimum absolute atomic E-state index is 0.0540. The van der Waals surface area contributed by atoms with E-state index in [-0.39, 0.29) is 19.0 Å². The first kappa shape index (κ1) is 28.5. The van der Waals surface area contributed by atoms with Gasteiger partial charge in [0, 0.05) is 31.6 Å². The molecule has 0 unspecified atom stereocenters. The van der Waals surface area contributed by atoms with Crippen LogP contribution in [0.2, 0.25) is 0 Å². The van der Waals surface area contributed by atoms with Crippen LogP contribution in [-0.2, 0) is 21.4 Å². The van der Waals surface area contributed by atoms with Gasteiger partial charge >= 0.3 is 6.36 Å². The molecule has 0 spiro atoms. The fourth-order valence-corrected chi connectivity index (χ4v) is 5.90. The molecule has 10 nitrogen and oxygen atoms in total. The number of aromatic nitrogens is 2. The highest BCUT2D eigenvalue weighted by molar-refractivity contribution is 7.89. The maximum absolute atomic E-state index is 13.2. The molecule has 1 aliphatic rings. The second kappa shape index (κ2) is 11.3. The third kappa shape index (κ3) is 6.75. The fraction of sp³-hybridized carbons (Fsp3) is 0.400. The topological polar surface area (TPSA) is 131 Å². The van der Waals surface area contributed by atoms with Crippen molar-refractivity contribution >= 4 is 32.7 Å². The van der Waals surface area contributed by atoms with Crippen LogP contribution in [0.15, 0.2) is 53.4 Å². The van der Waals surface area contributed by atoms with Crippen LogP contribution in [0, 0.1) is 5.92 Å². The van der Waals surface area contributed by atoms with Crippen molar-refractivity contribution in [1.82, 2.24) is 19.2 Å². The van der Waals surface area contributed by atoms with Crippen LogP contribution in [0.1, 0.15) is 19.7 Å². The highest BCUT2D eigenvalue weighted by atomic mass is 32.2. The van der Waals surface area contributed by atoms with E-state index in [1.54, 1.807) is 0 Å². The monoisotopic (exact) mass is 566 g/mol. The molecule has 1 saturated heterocycles. The van der Waals surface area contributed by atoms with Crippen molar-refractivity contribution in [1.29, 1.82) is 0 Å². The number of piperazine rings is 1. The molecular weight excluding hydrogens is 537 g/mol. The van der Waals surface area contributed by atoms with Crippen molar-refractivity contribution in [2.45, 2.75) is 37.7 Å². The Morgan fingerprint density at radius 2 is 1.69 bits per heavy atom. The number of nitrogens with zero attached hydrogens (tertiary/aromatic N) is 4. The van der Waals surface area contributed by atoms with Crippen molar-refractivity contribution in [3.05, 3.63) is 54.4 Å². The van der Waals surface area contributed by atoms with Gasteiger partial charge in [0.25, 0.3) is 0 Å². The number of primary amides is 1. The Labute approximate surface area is 224 Å². The fourth-order valence-electron chi connectivity index (χ4n) is 4.36. The third-order valence-corrected chi connectivity index (χ3v) is 8.24. The number of sulfonamides is 1. The smallest absolute Gasteiger partial charge is 0.404 e. The van der Waals surface area contributed by atoms with Crippen molar-refractivity contribution in [3.63, 3.8) is 0 Å². The van der Waals surface area contributed by atoms with Gasteiger partial charge in [0.2, 0.25) is 15.9 Å². The van der Waals surface area contributed by atoms with Crippen molar-refractivity contribution < 1.29 is 31.1 Å². The van der Waals surface area contributed by atoms with Crippen LogP contribution < -0.4 is 15.8 Å². The average Bonchev–Trinajstić information content (AvgIpc) is 2.86. The molecule has 2 aromatic carbocycles. The van der Waals surface area contributed by atoms with Crippen molar-refractivity contribution in [2.75, 3.05) is 31.5 Å². The summed E-state index contributed by atoms with van der Waals surface area (Å²) < 4.78 is 69.8. The zero-order chi connectivity index (χ0) is 28.4. The summed E-state index contributed by atoms with van der Waals surface area (Å²) in [5.41, 5.74) is 6.24. The van der Waals surface area contributed by atoms with Crippen LogP contribution in [0.4, 0.5) is 19.0 Å². The molecule has 1 aromatic heterocycles. The number of benzene rings is 2. The molecule has 0 radical (unpaired) electrons. The number of alkyl halides is 3. The molecule has 39 heavy (non-hydrogen) atoms. The Hall–Kier alpha value is -3.49. The maximum atomic E-state index is 13.2. The van der Waals surface area contributed by atoms with E-state index in [2.05, 4.69) is 20.0 Å². The molecule has 210 valence electrons. The van der Waals surface area contributed by atoms with Crippen LogP contribution in [0.25, 0.3) is 10.9 Å². The number of carbonyl (C=O) groups excluding carboxylic acids is 1. The molecule has 1 atom stereocenters. The minimum Gasteiger partial charge on any atom is -0.404 e. The lowest BCUT2D eigenvalue weighted by atomic mass is 10.0. The van der Waals surface area contributed by atoms with Crippen LogP contribution >= 0.6 is 0 Å².